The van der Waals surface area contributed by atoms with Gasteiger partial charge in [0.2, 0.25) is 5.91 Å². The number of hydrogen-bond acceptors (Lipinski definition) is 3. The third kappa shape index (κ3) is 2.16. The van der Waals surface area contributed by atoms with Gasteiger partial charge >= 0.3 is 0 Å². The van der Waals surface area contributed by atoms with Crippen LogP contribution in [-0.2, 0) is 11.8 Å². The first-order valence-electron chi connectivity index (χ1n) is 7.10. The number of amides is 1. The van der Waals surface area contributed by atoms with Crippen LogP contribution in [0.2, 0.25) is 0 Å². The highest BCUT2D eigenvalue weighted by molar-refractivity contribution is 5.80. The maximum atomic E-state index is 12.4. The van der Waals surface area contributed by atoms with Crippen molar-refractivity contribution < 1.29 is 4.79 Å². The zero-order chi connectivity index (χ0) is 13.6. The van der Waals surface area contributed by atoms with Gasteiger partial charge in [-0.3, -0.25) is 9.48 Å². The van der Waals surface area contributed by atoms with Gasteiger partial charge in [0.25, 0.3) is 0 Å². The van der Waals surface area contributed by atoms with E-state index in [2.05, 4.69) is 10.4 Å². The van der Waals surface area contributed by atoms with Crippen LogP contribution in [-0.4, -0.2) is 21.7 Å². The highest BCUT2D eigenvalue weighted by Gasteiger charge is 2.49. The Hall–Kier alpha value is -1.36. The van der Waals surface area contributed by atoms with Gasteiger partial charge in [-0.15, -0.1) is 0 Å². The molecule has 2 saturated carbocycles. The summed E-state index contributed by atoms with van der Waals surface area (Å²) in [5.74, 6) is 1.20. The van der Waals surface area contributed by atoms with E-state index in [0.717, 1.165) is 18.4 Å². The van der Waals surface area contributed by atoms with E-state index in [1.165, 1.54) is 6.42 Å². The van der Waals surface area contributed by atoms with Crippen LogP contribution in [0.5, 0.6) is 0 Å². The molecule has 0 aromatic carbocycles. The van der Waals surface area contributed by atoms with Crippen LogP contribution in [0.1, 0.15) is 37.8 Å². The molecule has 1 amide bonds. The molecule has 104 valence electrons. The van der Waals surface area contributed by atoms with E-state index in [-0.39, 0.29) is 23.9 Å². The van der Waals surface area contributed by atoms with Gasteiger partial charge in [-0.05, 0) is 38.0 Å². The first kappa shape index (κ1) is 12.7. The number of nitrogens with two attached hydrogens (primary N) is 1. The molecule has 2 aliphatic carbocycles. The first-order valence-corrected chi connectivity index (χ1v) is 7.10. The van der Waals surface area contributed by atoms with Crippen LogP contribution in [0.4, 0.5) is 0 Å². The van der Waals surface area contributed by atoms with E-state index in [9.17, 15) is 4.79 Å². The zero-order valence-corrected chi connectivity index (χ0v) is 11.5. The number of carbonyl (C=O) groups is 1. The summed E-state index contributed by atoms with van der Waals surface area (Å²) in [6.45, 7) is 1.99. The molecule has 5 atom stereocenters. The number of hydrogen-bond donors (Lipinski definition) is 2. The number of rotatable bonds is 3. The lowest BCUT2D eigenvalue weighted by Crippen LogP contribution is -2.45. The van der Waals surface area contributed by atoms with E-state index >= 15 is 0 Å². The number of nitrogens with zero attached hydrogens (tertiary/aromatic N) is 2. The highest BCUT2D eigenvalue weighted by atomic mass is 16.2. The molecule has 2 aliphatic rings. The number of carbonyl (C=O) groups excluding carboxylic acids is 1. The average Bonchev–Trinajstić information content (AvgIpc) is 3.03. The Bertz CT molecular complexity index is 482. The number of fused-ring (bicyclic) bond motifs is 2. The average molecular weight is 262 g/mol. The summed E-state index contributed by atoms with van der Waals surface area (Å²) >= 11 is 0. The lowest BCUT2D eigenvalue weighted by Gasteiger charge is -2.28. The van der Waals surface area contributed by atoms with Crippen molar-refractivity contribution in [3.63, 3.8) is 0 Å². The Morgan fingerprint density at radius 3 is 2.84 bits per heavy atom. The molecule has 1 heterocycles. The van der Waals surface area contributed by atoms with Crippen molar-refractivity contribution in [1.29, 1.82) is 0 Å². The lowest BCUT2D eigenvalue weighted by molar-refractivity contribution is -0.127. The maximum Gasteiger partial charge on any atom is 0.225 e. The Kier molecular flexibility index (Phi) is 3.09. The second-order valence-corrected chi connectivity index (χ2v) is 6.11. The van der Waals surface area contributed by atoms with Crippen molar-refractivity contribution in [2.75, 3.05) is 0 Å². The monoisotopic (exact) mass is 262 g/mol. The summed E-state index contributed by atoms with van der Waals surface area (Å²) in [7, 11) is 1.88. The molecule has 19 heavy (non-hydrogen) atoms. The molecule has 0 radical (unpaired) electrons. The van der Waals surface area contributed by atoms with Gasteiger partial charge in [0, 0.05) is 24.8 Å². The van der Waals surface area contributed by atoms with Gasteiger partial charge in [-0.1, -0.05) is 0 Å². The van der Waals surface area contributed by atoms with Crippen LogP contribution in [0.3, 0.4) is 0 Å². The third-order valence-electron chi connectivity index (χ3n) is 4.87. The lowest BCUT2D eigenvalue weighted by atomic mass is 9.84. The highest BCUT2D eigenvalue weighted by Crippen LogP contribution is 2.47. The third-order valence-corrected chi connectivity index (χ3v) is 4.87. The van der Waals surface area contributed by atoms with Crippen molar-refractivity contribution in [2.24, 2.45) is 30.5 Å². The van der Waals surface area contributed by atoms with Crippen LogP contribution >= 0.6 is 0 Å². The molecule has 2 fully saturated rings. The second-order valence-electron chi connectivity index (χ2n) is 6.11. The van der Waals surface area contributed by atoms with Crippen molar-refractivity contribution in [3.8, 4) is 0 Å². The predicted molar refractivity (Wildman–Crippen MR) is 72.1 cm³/mol. The van der Waals surface area contributed by atoms with E-state index in [4.69, 9.17) is 5.73 Å². The van der Waals surface area contributed by atoms with Crippen molar-refractivity contribution >= 4 is 5.91 Å². The summed E-state index contributed by atoms with van der Waals surface area (Å²) in [6.07, 6.45) is 7.24. The summed E-state index contributed by atoms with van der Waals surface area (Å²) in [5, 5.41) is 7.23. The molecule has 5 unspecified atom stereocenters. The Balaban J connectivity index is 1.65. The molecule has 0 aliphatic heterocycles. The van der Waals surface area contributed by atoms with Gasteiger partial charge < -0.3 is 11.1 Å². The normalized spacial score (nSPS) is 34.5. The molecule has 5 nitrogen and oxygen atoms in total. The fourth-order valence-electron chi connectivity index (χ4n) is 3.78. The quantitative estimate of drug-likeness (QED) is 0.852. The van der Waals surface area contributed by atoms with Crippen molar-refractivity contribution in [3.05, 3.63) is 18.0 Å². The van der Waals surface area contributed by atoms with E-state index in [1.807, 2.05) is 20.2 Å². The fourth-order valence-corrected chi connectivity index (χ4v) is 3.78. The minimum Gasteiger partial charge on any atom is -0.349 e. The first-order chi connectivity index (χ1) is 9.06. The number of aromatic nitrogens is 2. The van der Waals surface area contributed by atoms with Crippen molar-refractivity contribution in [2.45, 2.75) is 38.3 Å². The molecule has 2 bridgehead atoms. The molecular weight excluding hydrogens is 240 g/mol. The number of nitrogens with one attached hydrogen (secondary N) is 1. The van der Waals surface area contributed by atoms with Crippen LogP contribution in [0.25, 0.3) is 0 Å². The van der Waals surface area contributed by atoms with E-state index < -0.39 is 0 Å². The molecule has 0 spiro atoms. The SMILES string of the molecule is CC(NC(=O)C1C2CCC(C2)C1N)c1cnn(C)c1. The zero-order valence-electron chi connectivity index (χ0n) is 11.5. The molecular formula is C14H22N4O. The Morgan fingerprint density at radius 1 is 1.53 bits per heavy atom. The molecule has 1 aromatic heterocycles. The summed E-state index contributed by atoms with van der Waals surface area (Å²) in [4.78, 5) is 12.4. The van der Waals surface area contributed by atoms with Gasteiger partial charge in [0.1, 0.15) is 0 Å². The summed E-state index contributed by atoms with van der Waals surface area (Å²) in [5.41, 5.74) is 7.24. The van der Waals surface area contributed by atoms with Crippen molar-refractivity contribution in [1.82, 2.24) is 15.1 Å². The second kappa shape index (κ2) is 4.63. The Morgan fingerprint density at radius 2 is 2.26 bits per heavy atom. The predicted octanol–water partition coefficient (Wildman–Crippen LogP) is 0.971. The molecule has 3 rings (SSSR count). The summed E-state index contributed by atoms with van der Waals surface area (Å²) in [6, 6.07) is 0.0485. The van der Waals surface area contributed by atoms with Crippen LogP contribution in [0.15, 0.2) is 12.4 Å². The minimum atomic E-state index is -0.00692. The van der Waals surface area contributed by atoms with Crippen LogP contribution < -0.4 is 11.1 Å². The molecule has 1 aromatic rings. The maximum absolute atomic E-state index is 12.4. The number of aryl methyl sites for hydroxylation is 1. The fraction of sp³-hybridized carbons (Fsp3) is 0.714. The molecule has 5 heteroatoms. The molecule has 0 saturated heterocycles. The van der Waals surface area contributed by atoms with Gasteiger partial charge in [0.05, 0.1) is 18.2 Å². The van der Waals surface area contributed by atoms with E-state index in [0.29, 0.717) is 11.8 Å². The topological polar surface area (TPSA) is 72.9 Å². The smallest absolute Gasteiger partial charge is 0.225 e. The summed E-state index contributed by atoms with van der Waals surface area (Å²) < 4.78 is 1.75. The van der Waals surface area contributed by atoms with Gasteiger partial charge in [-0.25, -0.2) is 0 Å². The van der Waals surface area contributed by atoms with Gasteiger partial charge in [-0.2, -0.15) is 5.10 Å². The molecule has 3 N–H and O–H groups in total. The van der Waals surface area contributed by atoms with Gasteiger partial charge in [0.15, 0.2) is 0 Å². The largest absolute Gasteiger partial charge is 0.349 e. The van der Waals surface area contributed by atoms with E-state index in [1.54, 1.807) is 10.9 Å². The standard InChI is InChI=1S/C14H22N4O/c1-8(11-6-16-18(2)7-11)17-14(19)12-9-3-4-10(5-9)13(12)15/h6-10,12-13H,3-5,15H2,1-2H3,(H,17,19). The Labute approximate surface area is 113 Å². The van der Waals surface area contributed by atoms with Crippen LogP contribution in [0, 0.1) is 17.8 Å². The minimum absolute atomic E-state index is 0.00692.